The standard InChI is InChI=1S/C23H24O/c1-14(2)20-5-3-4-16-9-18-13-23(12-15-6-7-19(23)8-15)22(24)11-17(18)10-21(16)20/h3-7,9-10,14-15,19H,8,11-13H2,1-2H3. The number of carbonyl (C=O) groups is 1. The van der Waals surface area contributed by atoms with Crippen LogP contribution in [-0.4, -0.2) is 5.78 Å². The Morgan fingerprint density at radius 1 is 1.12 bits per heavy atom. The van der Waals surface area contributed by atoms with E-state index in [2.05, 4.69) is 56.3 Å². The summed E-state index contributed by atoms with van der Waals surface area (Å²) in [5.41, 5.74) is 4.00. The van der Waals surface area contributed by atoms with Gasteiger partial charge in [-0.25, -0.2) is 0 Å². The largest absolute Gasteiger partial charge is 0.299 e. The van der Waals surface area contributed by atoms with Gasteiger partial charge in [0.05, 0.1) is 0 Å². The fourth-order valence-corrected chi connectivity index (χ4v) is 5.54. The van der Waals surface area contributed by atoms with Gasteiger partial charge in [-0.1, -0.05) is 56.3 Å². The summed E-state index contributed by atoms with van der Waals surface area (Å²) < 4.78 is 0. The average molecular weight is 316 g/mol. The van der Waals surface area contributed by atoms with Crippen molar-refractivity contribution in [3.05, 3.63) is 59.2 Å². The highest BCUT2D eigenvalue weighted by molar-refractivity contribution is 5.94. The van der Waals surface area contributed by atoms with Crippen molar-refractivity contribution < 1.29 is 4.79 Å². The van der Waals surface area contributed by atoms with Gasteiger partial charge in [-0.15, -0.1) is 0 Å². The van der Waals surface area contributed by atoms with Crippen molar-refractivity contribution in [2.75, 3.05) is 0 Å². The fourth-order valence-electron chi connectivity index (χ4n) is 5.54. The van der Waals surface area contributed by atoms with Crippen molar-refractivity contribution >= 4 is 16.6 Å². The monoisotopic (exact) mass is 316 g/mol. The Hall–Kier alpha value is -1.89. The summed E-state index contributed by atoms with van der Waals surface area (Å²) in [6.45, 7) is 4.49. The lowest BCUT2D eigenvalue weighted by atomic mass is 9.63. The second kappa shape index (κ2) is 4.81. The van der Waals surface area contributed by atoms with Crippen LogP contribution in [0.1, 0.15) is 49.3 Å². The smallest absolute Gasteiger partial charge is 0.144 e. The zero-order valence-electron chi connectivity index (χ0n) is 14.5. The van der Waals surface area contributed by atoms with Crippen LogP contribution in [0.4, 0.5) is 0 Å². The number of Topliss-reactive ketones (excluding diaryl/α,β-unsaturated/α-hetero) is 1. The molecular formula is C23H24O. The molecule has 24 heavy (non-hydrogen) atoms. The van der Waals surface area contributed by atoms with Crippen molar-refractivity contribution in [3.8, 4) is 0 Å². The lowest BCUT2D eigenvalue weighted by Gasteiger charge is -2.38. The topological polar surface area (TPSA) is 17.1 Å². The summed E-state index contributed by atoms with van der Waals surface area (Å²) in [7, 11) is 0. The predicted molar refractivity (Wildman–Crippen MR) is 98.2 cm³/mol. The van der Waals surface area contributed by atoms with Gasteiger partial charge >= 0.3 is 0 Å². The van der Waals surface area contributed by atoms with E-state index in [1.54, 1.807) is 0 Å². The number of hydrogen-bond donors (Lipinski definition) is 0. The molecule has 3 unspecified atom stereocenters. The zero-order chi connectivity index (χ0) is 16.5. The quantitative estimate of drug-likeness (QED) is 0.660. The van der Waals surface area contributed by atoms with Gasteiger partial charge in [0.25, 0.3) is 0 Å². The molecule has 2 aromatic rings. The van der Waals surface area contributed by atoms with Crippen LogP contribution in [-0.2, 0) is 17.6 Å². The first-order valence-electron chi connectivity index (χ1n) is 9.33. The molecule has 122 valence electrons. The molecule has 0 aromatic heterocycles. The van der Waals surface area contributed by atoms with Crippen LogP contribution < -0.4 is 0 Å². The van der Waals surface area contributed by atoms with Gasteiger partial charge in [0, 0.05) is 11.8 Å². The van der Waals surface area contributed by atoms with Gasteiger partial charge in [0.15, 0.2) is 0 Å². The molecule has 3 aliphatic rings. The Balaban J connectivity index is 1.65. The number of hydrogen-bond acceptors (Lipinski definition) is 1. The molecule has 1 heteroatoms. The van der Waals surface area contributed by atoms with Gasteiger partial charge < -0.3 is 0 Å². The molecule has 0 heterocycles. The van der Waals surface area contributed by atoms with E-state index in [0.29, 0.717) is 30.0 Å². The molecule has 2 bridgehead atoms. The number of rotatable bonds is 1. The van der Waals surface area contributed by atoms with E-state index in [1.165, 1.54) is 33.9 Å². The number of carbonyl (C=O) groups excluding carboxylic acids is 1. The molecule has 1 fully saturated rings. The molecule has 1 saturated carbocycles. The normalized spacial score (nSPS) is 30.7. The lowest BCUT2D eigenvalue weighted by Crippen LogP contribution is -2.41. The van der Waals surface area contributed by atoms with Crippen molar-refractivity contribution in [1.29, 1.82) is 0 Å². The minimum atomic E-state index is -0.0875. The van der Waals surface area contributed by atoms with E-state index in [4.69, 9.17) is 0 Å². The van der Waals surface area contributed by atoms with Crippen LogP contribution in [0.5, 0.6) is 0 Å². The maximum Gasteiger partial charge on any atom is 0.144 e. The molecule has 3 aliphatic carbocycles. The first-order valence-corrected chi connectivity index (χ1v) is 9.33. The summed E-state index contributed by atoms with van der Waals surface area (Å²) in [6, 6.07) is 11.3. The minimum absolute atomic E-state index is 0.0875. The maximum atomic E-state index is 13.1. The molecule has 0 amide bonds. The molecular weight excluding hydrogens is 292 g/mol. The van der Waals surface area contributed by atoms with Crippen LogP contribution in [0.3, 0.4) is 0 Å². The highest BCUT2D eigenvalue weighted by atomic mass is 16.1. The van der Waals surface area contributed by atoms with E-state index in [0.717, 1.165) is 12.8 Å². The molecule has 5 rings (SSSR count). The molecule has 0 saturated heterocycles. The summed E-state index contributed by atoms with van der Waals surface area (Å²) in [6.07, 6.45) is 8.54. The van der Waals surface area contributed by atoms with E-state index < -0.39 is 0 Å². The zero-order valence-corrected chi connectivity index (χ0v) is 14.5. The third kappa shape index (κ3) is 1.84. The van der Waals surface area contributed by atoms with Crippen molar-refractivity contribution in [3.63, 3.8) is 0 Å². The molecule has 1 spiro atoms. The molecule has 3 atom stereocenters. The maximum absolute atomic E-state index is 13.1. The lowest BCUT2D eigenvalue weighted by molar-refractivity contribution is -0.130. The van der Waals surface area contributed by atoms with Gasteiger partial charge in [0.1, 0.15) is 5.78 Å². The average Bonchev–Trinajstić information content (AvgIpc) is 3.15. The third-order valence-corrected chi connectivity index (χ3v) is 6.78. The second-order valence-corrected chi connectivity index (χ2v) is 8.47. The predicted octanol–water partition coefficient (Wildman–Crippen LogP) is 5.21. The highest BCUT2D eigenvalue weighted by Crippen LogP contribution is 2.56. The number of benzene rings is 2. The Bertz CT molecular complexity index is 888. The molecule has 0 aliphatic heterocycles. The first kappa shape index (κ1) is 14.5. The van der Waals surface area contributed by atoms with Gasteiger partial charge in [-0.3, -0.25) is 4.79 Å². The fraction of sp³-hybridized carbons (Fsp3) is 0.435. The van der Waals surface area contributed by atoms with E-state index in [1.807, 2.05) is 0 Å². The summed E-state index contributed by atoms with van der Waals surface area (Å²) in [5.74, 6) is 2.13. The second-order valence-electron chi connectivity index (χ2n) is 8.47. The molecule has 2 aromatic carbocycles. The van der Waals surface area contributed by atoms with E-state index in [9.17, 15) is 4.79 Å². The van der Waals surface area contributed by atoms with Crippen molar-refractivity contribution in [2.45, 2.75) is 45.4 Å². The van der Waals surface area contributed by atoms with E-state index >= 15 is 0 Å². The van der Waals surface area contributed by atoms with E-state index in [-0.39, 0.29) is 5.41 Å². The Morgan fingerprint density at radius 2 is 2.00 bits per heavy atom. The van der Waals surface area contributed by atoms with Crippen LogP contribution in [0.15, 0.2) is 42.5 Å². The minimum Gasteiger partial charge on any atom is -0.299 e. The first-order chi connectivity index (χ1) is 11.6. The molecule has 0 radical (unpaired) electrons. The number of fused-ring (bicyclic) bond motifs is 5. The Morgan fingerprint density at radius 3 is 2.71 bits per heavy atom. The van der Waals surface area contributed by atoms with Gasteiger partial charge in [-0.05, 0) is 64.5 Å². The summed E-state index contributed by atoms with van der Waals surface area (Å²) >= 11 is 0. The molecule has 1 nitrogen and oxygen atoms in total. The highest BCUT2D eigenvalue weighted by Gasteiger charge is 2.54. The third-order valence-electron chi connectivity index (χ3n) is 6.78. The van der Waals surface area contributed by atoms with Gasteiger partial charge in [0.2, 0.25) is 0 Å². The number of allylic oxidation sites excluding steroid dienone is 2. The van der Waals surface area contributed by atoms with Crippen LogP contribution in [0.25, 0.3) is 10.8 Å². The SMILES string of the molecule is CC(C)c1cccc2cc3c(cc12)CC(=O)C1(C3)CC2C=CC1C2. The molecule has 0 N–H and O–H groups in total. The number of ketones is 1. The van der Waals surface area contributed by atoms with Crippen molar-refractivity contribution in [1.82, 2.24) is 0 Å². The van der Waals surface area contributed by atoms with Crippen LogP contribution in [0, 0.1) is 17.3 Å². The van der Waals surface area contributed by atoms with Crippen LogP contribution in [0.2, 0.25) is 0 Å². The van der Waals surface area contributed by atoms with Crippen LogP contribution >= 0.6 is 0 Å². The summed E-state index contributed by atoms with van der Waals surface area (Å²) in [4.78, 5) is 13.1. The van der Waals surface area contributed by atoms with Gasteiger partial charge in [-0.2, -0.15) is 0 Å². The Labute approximate surface area is 143 Å². The van der Waals surface area contributed by atoms with Crippen molar-refractivity contribution in [2.24, 2.45) is 17.3 Å². The Kier molecular flexibility index (Phi) is 2.90. The summed E-state index contributed by atoms with van der Waals surface area (Å²) in [5, 5.41) is 2.67.